The molecule has 0 amide bonds. The van der Waals surface area contributed by atoms with Crippen molar-refractivity contribution in [3.05, 3.63) is 24.4 Å². The van der Waals surface area contributed by atoms with Crippen molar-refractivity contribution in [1.82, 2.24) is 13.7 Å². The Labute approximate surface area is 117 Å². The molecule has 0 aliphatic carbocycles. The Hall–Kier alpha value is -1.68. The number of fused-ring (bicyclic) bond motifs is 1. The molecule has 0 aliphatic heterocycles. The summed E-state index contributed by atoms with van der Waals surface area (Å²) in [4.78, 5) is 4.15. The van der Waals surface area contributed by atoms with E-state index >= 15 is 0 Å². The molecule has 110 valence electrons. The van der Waals surface area contributed by atoms with Gasteiger partial charge < -0.3 is 10.2 Å². The van der Waals surface area contributed by atoms with Crippen LogP contribution in [0.15, 0.2) is 29.4 Å². The number of hydrogen-bond acceptors (Lipinski definition) is 6. The topological polar surface area (TPSA) is 102 Å². The van der Waals surface area contributed by atoms with Gasteiger partial charge in [0.05, 0.1) is 6.61 Å². The maximum absolute atomic E-state index is 12.6. The molecule has 0 fully saturated rings. The zero-order valence-electron chi connectivity index (χ0n) is 11.3. The Morgan fingerprint density at radius 2 is 2.25 bits per heavy atom. The predicted molar refractivity (Wildman–Crippen MR) is 74.7 cm³/mol. The maximum atomic E-state index is 12.6. The van der Waals surface area contributed by atoms with Gasteiger partial charge in [-0.3, -0.25) is 4.40 Å². The third kappa shape index (κ3) is 2.48. The number of nitrogens with zero attached hydrogens (tertiary/aromatic N) is 3. The van der Waals surface area contributed by atoms with Crippen LogP contribution < -0.4 is 11.3 Å². The van der Waals surface area contributed by atoms with Crippen LogP contribution in [-0.2, 0) is 14.8 Å². The van der Waals surface area contributed by atoms with E-state index in [4.69, 9.17) is 10.6 Å². The smallest absolute Gasteiger partial charge is 0.262 e. The first kappa shape index (κ1) is 14.7. The van der Waals surface area contributed by atoms with Crippen LogP contribution in [0.25, 0.3) is 5.65 Å². The fraction of sp³-hybridized carbons (Fsp3) is 0.364. The average Bonchev–Trinajstić information content (AvgIpc) is 2.83. The molecule has 0 bridgehead atoms. The first-order valence-corrected chi connectivity index (χ1v) is 7.35. The van der Waals surface area contributed by atoms with Gasteiger partial charge in [0.1, 0.15) is 5.65 Å². The van der Waals surface area contributed by atoms with Crippen LogP contribution in [0, 0.1) is 0 Å². The number of hydrogen-bond donors (Lipinski definition) is 2. The van der Waals surface area contributed by atoms with Crippen molar-refractivity contribution >= 4 is 21.5 Å². The number of likely N-dealkylation sites (N-methyl/N-ethyl adjacent to an activating group) is 1. The number of ether oxygens (including phenoxy) is 1. The Bertz CT molecular complexity index is 697. The predicted octanol–water partition coefficient (Wildman–Crippen LogP) is -0.113. The minimum absolute atomic E-state index is 0.00852. The van der Waals surface area contributed by atoms with Gasteiger partial charge in [0, 0.05) is 26.9 Å². The summed E-state index contributed by atoms with van der Waals surface area (Å²) < 4.78 is 32.8. The molecule has 8 nitrogen and oxygen atoms in total. The second kappa shape index (κ2) is 5.75. The van der Waals surface area contributed by atoms with Gasteiger partial charge in [0.2, 0.25) is 5.03 Å². The summed E-state index contributed by atoms with van der Waals surface area (Å²) >= 11 is 0. The normalized spacial score (nSPS) is 12.2. The van der Waals surface area contributed by atoms with Crippen molar-refractivity contribution in [2.24, 2.45) is 5.84 Å². The van der Waals surface area contributed by atoms with E-state index in [1.165, 1.54) is 22.9 Å². The van der Waals surface area contributed by atoms with E-state index in [1.54, 1.807) is 24.4 Å². The molecule has 0 unspecified atom stereocenters. The zero-order chi connectivity index (χ0) is 14.8. The summed E-state index contributed by atoms with van der Waals surface area (Å²) in [6.45, 7) is 0.542. The van der Waals surface area contributed by atoms with Crippen molar-refractivity contribution in [3.8, 4) is 0 Å². The number of hydrazine groups is 1. The summed E-state index contributed by atoms with van der Waals surface area (Å²) in [6, 6.07) is 5.20. The molecule has 20 heavy (non-hydrogen) atoms. The molecule has 0 atom stereocenters. The van der Waals surface area contributed by atoms with Gasteiger partial charge in [-0.25, -0.2) is 19.2 Å². The van der Waals surface area contributed by atoms with Gasteiger partial charge >= 0.3 is 0 Å². The van der Waals surface area contributed by atoms with Crippen molar-refractivity contribution in [3.63, 3.8) is 0 Å². The minimum atomic E-state index is -3.73. The first-order valence-electron chi connectivity index (χ1n) is 5.91. The molecule has 0 aromatic carbocycles. The second-order valence-corrected chi connectivity index (χ2v) is 6.12. The van der Waals surface area contributed by atoms with Crippen molar-refractivity contribution in [2.75, 3.05) is 32.7 Å². The van der Waals surface area contributed by atoms with Gasteiger partial charge in [-0.05, 0) is 12.1 Å². The molecular weight excluding hydrogens is 282 g/mol. The number of methoxy groups -OCH3 is 1. The standard InChI is InChI=1S/C11H17N5O3S/c1-15(7-8-19-2)20(17,18)11-10(14-12)13-9-5-3-4-6-16(9)11/h3-6,14H,7-8,12H2,1-2H3. The van der Waals surface area contributed by atoms with E-state index in [1.807, 2.05) is 0 Å². The summed E-state index contributed by atoms with van der Waals surface area (Å²) in [7, 11) is -0.727. The van der Waals surface area contributed by atoms with Crippen LogP contribution >= 0.6 is 0 Å². The molecule has 2 aromatic heterocycles. The highest BCUT2D eigenvalue weighted by Crippen LogP contribution is 2.24. The summed E-state index contributed by atoms with van der Waals surface area (Å²) in [5.41, 5.74) is 2.83. The highest BCUT2D eigenvalue weighted by atomic mass is 32.2. The summed E-state index contributed by atoms with van der Waals surface area (Å²) in [5, 5.41) is 0.00852. The lowest BCUT2D eigenvalue weighted by atomic mass is 10.5. The number of anilines is 1. The quantitative estimate of drug-likeness (QED) is 0.570. The number of nitrogen functional groups attached to an aromatic ring is 1. The van der Waals surface area contributed by atoms with Crippen LogP contribution in [0.4, 0.5) is 5.82 Å². The first-order chi connectivity index (χ1) is 9.52. The number of sulfonamides is 1. The molecule has 0 saturated carbocycles. The number of imidazole rings is 1. The minimum Gasteiger partial charge on any atom is -0.383 e. The van der Waals surface area contributed by atoms with Crippen LogP contribution in [0.3, 0.4) is 0 Å². The van der Waals surface area contributed by atoms with Gasteiger partial charge in [-0.1, -0.05) is 6.07 Å². The Morgan fingerprint density at radius 1 is 1.50 bits per heavy atom. The SMILES string of the molecule is COCCN(C)S(=O)(=O)c1c(NN)nc2ccccn12. The molecule has 0 radical (unpaired) electrons. The molecular formula is C11H17N5O3S. The van der Waals surface area contributed by atoms with E-state index in [9.17, 15) is 8.42 Å². The fourth-order valence-electron chi connectivity index (χ4n) is 1.80. The molecule has 2 rings (SSSR count). The number of nitrogens with two attached hydrogens (primary N) is 1. The Morgan fingerprint density at radius 3 is 2.90 bits per heavy atom. The van der Waals surface area contributed by atoms with Crippen LogP contribution in [0.1, 0.15) is 0 Å². The lowest BCUT2D eigenvalue weighted by Crippen LogP contribution is -2.31. The Balaban J connectivity index is 2.55. The monoisotopic (exact) mass is 299 g/mol. The average molecular weight is 299 g/mol. The van der Waals surface area contributed by atoms with E-state index in [0.29, 0.717) is 12.3 Å². The van der Waals surface area contributed by atoms with Gasteiger partial charge in [-0.2, -0.15) is 4.31 Å². The number of pyridine rings is 1. The van der Waals surface area contributed by atoms with Crippen LogP contribution in [0.2, 0.25) is 0 Å². The highest BCUT2D eigenvalue weighted by molar-refractivity contribution is 7.89. The summed E-state index contributed by atoms with van der Waals surface area (Å²) in [5.74, 6) is 5.49. The Kier molecular flexibility index (Phi) is 4.23. The fourth-order valence-corrected chi connectivity index (χ4v) is 3.16. The molecule has 9 heteroatoms. The van der Waals surface area contributed by atoms with Crippen molar-refractivity contribution < 1.29 is 13.2 Å². The maximum Gasteiger partial charge on any atom is 0.262 e. The van der Waals surface area contributed by atoms with Gasteiger partial charge in [0.25, 0.3) is 10.0 Å². The lowest BCUT2D eigenvalue weighted by Gasteiger charge is -2.17. The largest absolute Gasteiger partial charge is 0.383 e. The number of rotatable bonds is 6. The van der Waals surface area contributed by atoms with Gasteiger partial charge in [0.15, 0.2) is 5.82 Å². The zero-order valence-corrected chi connectivity index (χ0v) is 12.1. The third-order valence-electron chi connectivity index (χ3n) is 2.89. The third-order valence-corrected chi connectivity index (χ3v) is 4.77. The van der Waals surface area contributed by atoms with E-state index < -0.39 is 10.0 Å². The summed E-state index contributed by atoms with van der Waals surface area (Å²) in [6.07, 6.45) is 1.63. The molecule has 0 aliphatic rings. The molecule has 0 saturated heterocycles. The lowest BCUT2D eigenvalue weighted by molar-refractivity contribution is 0.185. The van der Waals surface area contributed by atoms with E-state index in [0.717, 1.165) is 0 Å². The molecule has 2 heterocycles. The van der Waals surface area contributed by atoms with Crippen molar-refractivity contribution in [2.45, 2.75) is 5.03 Å². The second-order valence-electron chi connectivity index (χ2n) is 4.16. The van der Waals surface area contributed by atoms with E-state index in [-0.39, 0.29) is 17.4 Å². The highest BCUT2D eigenvalue weighted by Gasteiger charge is 2.28. The number of aromatic nitrogens is 2. The molecule has 3 N–H and O–H groups in total. The molecule has 0 spiro atoms. The van der Waals surface area contributed by atoms with Crippen LogP contribution in [-0.4, -0.2) is 49.4 Å². The van der Waals surface area contributed by atoms with E-state index in [2.05, 4.69) is 10.4 Å². The van der Waals surface area contributed by atoms with Crippen molar-refractivity contribution in [1.29, 1.82) is 0 Å². The van der Waals surface area contributed by atoms with Crippen LogP contribution in [0.5, 0.6) is 0 Å². The molecule has 2 aromatic rings. The number of nitrogens with one attached hydrogen (secondary N) is 1. The van der Waals surface area contributed by atoms with Gasteiger partial charge in [-0.15, -0.1) is 0 Å².